The maximum Gasteiger partial charge on any atom is 0.405 e. The van der Waals surface area contributed by atoms with E-state index in [-0.39, 0.29) is 5.82 Å². The molecular formula is C24H19ClF3N5O. The summed E-state index contributed by atoms with van der Waals surface area (Å²) in [4.78, 5) is 10.4. The predicted molar refractivity (Wildman–Crippen MR) is 126 cm³/mol. The minimum atomic E-state index is -4.38. The van der Waals surface area contributed by atoms with Gasteiger partial charge >= 0.3 is 6.18 Å². The zero-order valence-corrected chi connectivity index (χ0v) is 18.6. The molecule has 0 amide bonds. The van der Waals surface area contributed by atoms with Gasteiger partial charge in [-0.3, -0.25) is 0 Å². The van der Waals surface area contributed by atoms with Crippen LogP contribution in [0.1, 0.15) is 5.56 Å². The summed E-state index contributed by atoms with van der Waals surface area (Å²) < 4.78 is 40.0. The molecule has 2 N–H and O–H groups in total. The van der Waals surface area contributed by atoms with Crippen molar-refractivity contribution in [1.29, 1.82) is 0 Å². The highest BCUT2D eigenvalue weighted by atomic mass is 35.5. The molecule has 2 aromatic heterocycles. The number of aryl methyl sites for hydroxylation is 1. The first-order valence-corrected chi connectivity index (χ1v) is 10.7. The lowest BCUT2D eigenvalue weighted by molar-refractivity contribution is -0.115. The summed E-state index contributed by atoms with van der Waals surface area (Å²) in [5.41, 5.74) is 3.54. The largest absolute Gasteiger partial charge is 0.405 e. The number of benzene rings is 2. The number of fused-ring (bicyclic) bond motifs is 2. The number of rotatable bonds is 4. The van der Waals surface area contributed by atoms with E-state index in [1.807, 2.05) is 29.8 Å². The zero-order valence-electron chi connectivity index (χ0n) is 17.9. The molecule has 0 bridgehead atoms. The van der Waals surface area contributed by atoms with E-state index < -0.39 is 18.9 Å². The molecule has 0 spiro atoms. The van der Waals surface area contributed by atoms with Crippen molar-refractivity contribution in [2.75, 3.05) is 16.8 Å². The lowest BCUT2D eigenvalue weighted by Crippen LogP contribution is -2.47. The summed E-state index contributed by atoms with van der Waals surface area (Å²) in [5, 5.41) is 15.3. The maximum absolute atomic E-state index is 12.7. The molecule has 1 aliphatic heterocycles. The lowest BCUT2D eigenvalue weighted by Gasteiger charge is -2.31. The standard InChI is InChI=1S/C24H19ClF3N5O/c1-32-13-30-18-8-7-17(10-19(18)32)33-11-15-4-9-20(29-12-24(26,27)28)31-22(15)21(23(33)34)14-2-5-16(25)6-3-14/h2-11,13,23,34H,12H2,1H3,(H,29,31). The van der Waals surface area contributed by atoms with Gasteiger partial charge in [-0.2, -0.15) is 13.2 Å². The molecule has 0 saturated heterocycles. The van der Waals surface area contributed by atoms with Crippen LogP contribution in [0.5, 0.6) is 0 Å². The molecule has 5 rings (SSSR count). The number of nitrogens with one attached hydrogen (secondary N) is 1. The van der Waals surface area contributed by atoms with E-state index in [0.717, 1.165) is 16.7 Å². The minimum absolute atomic E-state index is 0.0629. The fraction of sp³-hybridized carbons (Fsp3) is 0.167. The van der Waals surface area contributed by atoms with Crippen LogP contribution >= 0.6 is 11.6 Å². The number of halogens is 4. The van der Waals surface area contributed by atoms with E-state index in [9.17, 15) is 18.3 Å². The number of aromatic nitrogens is 3. The average molecular weight is 486 g/mol. The molecule has 2 aromatic carbocycles. The highest BCUT2D eigenvalue weighted by Crippen LogP contribution is 2.29. The summed E-state index contributed by atoms with van der Waals surface area (Å²) >= 11 is 6.05. The van der Waals surface area contributed by atoms with Crippen LogP contribution in [-0.4, -0.2) is 38.6 Å². The van der Waals surface area contributed by atoms with E-state index >= 15 is 0 Å². The zero-order chi connectivity index (χ0) is 24.0. The molecule has 6 nitrogen and oxygen atoms in total. The first-order valence-electron chi connectivity index (χ1n) is 10.4. The van der Waals surface area contributed by atoms with Crippen molar-refractivity contribution in [2.45, 2.75) is 12.4 Å². The molecule has 4 aromatic rings. The van der Waals surface area contributed by atoms with Gasteiger partial charge in [0.05, 0.1) is 22.7 Å². The van der Waals surface area contributed by atoms with Crippen molar-refractivity contribution in [3.05, 3.63) is 82.1 Å². The van der Waals surface area contributed by atoms with Crippen LogP contribution in [0.3, 0.4) is 0 Å². The van der Waals surface area contributed by atoms with E-state index in [1.165, 1.54) is 6.07 Å². The number of hydrogen-bond acceptors (Lipinski definition) is 5. The Bertz CT molecular complexity index is 1500. The van der Waals surface area contributed by atoms with Crippen LogP contribution < -0.4 is 20.8 Å². The Morgan fingerprint density at radius 1 is 1.09 bits per heavy atom. The van der Waals surface area contributed by atoms with Crippen molar-refractivity contribution in [3.8, 4) is 0 Å². The molecule has 174 valence electrons. The van der Waals surface area contributed by atoms with E-state index in [4.69, 9.17) is 11.6 Å². The van der Waals surface area contributed by atoms with Gasteiger partial charge in [0, 0.05) is 34.7 Å². The Balaban J connectivity index is 1.67. The number of aliphatic hydroxyl groups excluding tert-OH is 1. The van der Waals surface area contributed by atoms with Crippen molar-refractivity contribution in [3.63, 3.8) is 0 Å². The van der Waals surface area contributed by atoms with Gasteiger partial charge in [0.2, 0.25) is 0 Å². The summed E-state index contributed by atoms with van der Waals surface area (Å²) in [6, 6.07) is 15.7. The number of pyridine rings is 1. The van der Waals surface area contributed by atoms with Gasteiger partial charge in [0.1, 0.15) is 12.4 Å². The molecule has 34 heavy (non-hydrogen) atoms. The van der Waals surface area contributed by atoms with Gasteiger partial charge in [-0.25, -0.2) is 9.97 Å². The van der Waals surface area contributed by atoms with Crippen LogP contribution in [-0.2, 0) is 7.05 Å². The smallest absolute Gasteiger partial charge is 0.369 e. The monoisotopic (exact) mass is 485 g/mol. The van der Waals surface area contributed by atoms with E-state index in [1.54, 1.807) is 47.8 Å². The third-order valence-corrected chi connectivity index (χ3v) is 5.87. The van der Waals surface area contributed by atoms with Crippen LogP contribution in [0.2, 0.25) is 5.02 Å². The van der Waals surface area contributed by atoms with Gasteiger partial charge in [0.25, 0.3) is 0 Å². The lowest BCUT2D eigenvalue weighted by atomic mass is 9.99. The Hall–Kier alpha value is -3.56. The topological polar surface area (TPSA) is 66.2 Å². The Morgan fingerprint density at radius 2 is 1.85 bits per heavy atom. The van der Waals surface area contributed by atoms with Crippen molar-refractivity contribution >= 4 is 45.9 Å². The number of alkyl halides is 3. The third kappa shape index (κ3) is 4.20. The second-order valence-electron chi connectivity index (χ2n) is 7.96. The predicted octanol–water partition coefficient (Wildman–Crippen LogP) is 3.37. The fourth-order valence-corrected chi connectivity index (χ4v) is 4.09. The molecular weight excluding hydrogens is 467 g/mol. The first kappa shape index (κ1) is 22.2. The molecule has 0 saturated carbocycles. The normalized spacial score (nSPS) is 15.9. The average Bonchev–Trinajstić information content (AvgIpc) is 3.18. The number of nitrogens with zero attached hydrogens (tertiary/aromatic N) is 4. The molecule has 0 radical (unpaired) electrons. The van der Waals surface area contributed by atoms with Gasteiger partial charge in [0.15, 0.2) is 6.23 Å². The number of aliphatic hydroxyl groups is 1. The summed E-state index contributed by atoms with van der Waals surface area (Å²) in [7, 11) is 1.88. The highest BCUT2D eigenvalue weighted by Gasteiger charge is 2.28. The highest BCUT2D eigenvalue weighted by molar-refractivity contribution is 6.30. The second-order valence-corrected chi connectivity index (χ2v) is 8.40. The Kier molecular flexibility index (Phi) is 5.45. The molecule has 0 fully saturated rings. The van der Waals surface area contributed by atoms with Gasteiger partial charge in [-0.1, -0.05) is 23.7 Å². The van der Waals surface area contributed by atoms with Crippen LogP contribution in [0.25, 0.3) is 22.8 Å². The van der Waals surface area contributed by atoms with Crippen molar-refractivity contribution in [2.24, 2.45) is 7.05 Å². The van der Waals surface area contributed by atoms with Crippen LogP contribution in [0.15, 0.2) is 60.9 Å². The Labute approximate surface area is 197 Å². The minimum Gasteiger partial charge on any atom is -0.369 e. The summed E-state index contributed by atoms with van der Waals surface area (Å²) in [5.74, 6) is 0.0629. The first-order chi connectivity index (χ1) is 16.2. The molecule has 10 heteroatoms. The van der Waals surface area contributed by atoms with Gasteiger partial charge in [-0.05, 0) is 48.0 Å². The summed E-state index contributed by atoms with van der Waals surface area (Å²) in [6.07, 6.45) is -2.08. The molecule has 1 aliphatic rings. The van der Waals surface area contributed by atoms with Crippen LogP contribution in [0, 0.1) is 0 Å². The Morgan fingerprint density at radius 3 is 2.59 bits per heavy atom. The third-order valence-electron chi connectivity index (χ3n) is 5.61. The summed E-state index contributed by atoms with van der Waals surface area (Å²) in [6.45, 7) is -1.21. The molecule has 1 atom stereocenters. The second kappa shape index (κ2) is 8.34. The number of hydrogen-bond donors (Lipinski definition) is 2. The van der Waals surface area contributed by atoms with Gasteiger partial charge in [-0.15, -0.1) is 0 Å². The number of anilines is 2. The van der Waals surface area contributed by atoms with E-state index in [2.05, 4.69) is 15.3 Å². The SMILES string of the molecule is Cn1cnc2ccc(N3C=c4ccc(NCC(F)(F)F)nc4=C(c4ccc(Cl)cc4)C3O)cc21. The fourth-order valence-electron chi connectivity index (χ4n) is 3.97. The molecule has 3 heterocycles. The maximum atomic E-state index is 12.7. The van der Waals surface area contributed by atoms with Crippen molar-refractivity contribution in [1.82, 2.24) is 14.5 Å². The van der Waals surface area contributed by atoms with Crippen LogP contribution in [0.4, 0.5) is 24.7 Å². The van der Waals surface area contributed by atoms with E-state index in [0.29, 0.717) is 26.7 Å². The number of imidazole rings is 1. The molecule has 1 unspecified atom stereocenters. The quantitative estimate of drug-likeness (QED) is 0.464. The van der Waals surface area contributed by atoms with Crippen molar-refractivity contribution < 1.29 is 18.3 Å². The molecule has 0 aliphatic carbocycles. The van der Waals surface area contributed by atoms with Gasteiger partial charge < -0.3 is 19.9 Å².